The average Bonchev–Trinajstić information content (AvgIpc) is 3.20. The van der Waals surface area contributed by atoms with Crippen molar-refractivity contribution < 1.29 is 9.53 Å². The Bertz CT molecular complexity index is 281. The molecule has 0 aliphatic heterocycles. The molecule has 1 fully saturated rings. The van der Waals surface area contributed by atoms with Crippen LogP contribution in [0, 0.1) is 5.92 Å². The summed E-state index contributed by atoms with van der Waals surface area (Å²) in [7, 11) is 1.48. The van der Waals surface area contributed by atoms with Crippen molar-refractivity contribution in [3.63, 3.8) is 0 Å². The van der Waals surface area contributed by atoms with Crippen LogP contribution in [0.15, 0.2) is 0 Å². The van der Waals surface area contributed by atoms with Crippen LogP contribution < -0.4 is 5.32 Å². The van der Waals surface area contributed by atoms with Gasteiger partial charge in [-0.3, -0.25) is 10.1 Å². The Morgan fingerprint density at radius 2 is 2.21 bits per heavy atom. The van der Waals surface area contributed by atoms with E-state index in [9.17, 15) is 4.79 Å². The van der Waals surface area contributed by atoms with Crippen LogP contribution in [-0.4, -0.2) is 36.2 Å². The molecule has 2 atom stereocenters. The second-order valence-electron chi connectivity index (χ2n) is 5.93. The van der Waals surface area contributed by atoms with Crippen molar-refractivity contribution in [1.29, 1.82) is 0 Å². The van der Waals surface area contributed by atoms with Gasteiger partial charge in [-0.25, -0.2) is 0 Å². The molecule has 1 aliphatic carbocycles. The van der Waals surface area contributed by atoms with Gasteiger partial charge in [-0.1, -0.05) is 20.3 Å². The van der Waals surface area contributed by atoms with Crippen molar-refractivity contribution >= 4 is 17.7 Å². The number of ether oxygens (including phenoxy) is 1. The molecule has 4 heteroatoms. The highest BCUT2D eigenvalue weighted by atomic mass is 32.2. The summed E-state index contributed by atoms with van der Waals surface area (Å²) in [5.74, 6) is 3.03. The summed E-state index contributed by atoms with van der Waals surface area (Å²) in [5, 5.41) is 3.45. The van der Waals surface area contributed by atoms with E-state index in [1.165, 1.54) is 32.1 Å². The van der Waals surface area contributed by atoms with Gasteiger partial charge in [0.2, 0.25) is 0 Å². The molecule has 0 saturated heterocycles. The SMILES string of the molecule is CCC(C)CSCCCC(C)(NC1CC1)C(=O)OC. The standard InChI is InChI=1S/C15H29NO2S/c1-5-12(2)11-19-10-6-9-15(3,14(17)18-4)16-13-7-8-13/h12-13,16H,5-11H2,1-4H3. The zero-order valence-electron chi connectivity index (χ0n) is 12.8. The fraction of sp³-hybridized carbons (Fsp3) is 0.933. The monoisotopic (exact) mass is 287 g/mol. The Labute approximate surface area is 122 Å². The van der Waals surface area contributed by atoms with Crippen molar-refractivity contribution in [2.45, 2.75) is 64.5 Å². The number of carbonyl (C=O) groups is 1. The summed E-state index contributed by atoms with van der Waals surface area (Å²) in [4.78, 5) is 11.9. The summed E-state index contributed by atoms with van der Waals surface area (Å²) >= 11 is 2.00. The highest BCUT2D eigenvalue weighted by Gasteiger charge is 2.38. The Morgan fingerprint density at radius 3 is 2.74 bits per heavy atom. The maximum absolute atomic E-state index is 11.9. The third kappa shape index (κ3) is 6.17. The first-order valence-electron chi connectivity index (χ1n) is 7.45. The van der Waals surface area contributed by atoms with Gasteiger partial charge in [-0.15, -0.1) is 0 Å². The topological polar surface area (TPSA) is 38.3 Å². The highest BCUT2D eigenvalue weighted by molar-refractivity contribution is 7.99. The normalized spacial score (nSPS) is 19.8. The number of hydrogen-bond donors (Lipinski definition) is 1. The van der Waals surface area contributed by atoms with Crippen LogP contribution in [0.4, 0.5) is 0 Å². The molecule has 1 N–H and O–H groups in total. The lowest BCUT2D eigenvalue weighted by Gasteiger charge is -2.28. The van der Waals surface area contributed by atoms with E-state index in [-0.39, 0.29) is 5.97 Å². The number of esters is 1. The van der Waals surface area contributed by atoms with Crippen molar-refractivity contribution in [1.82, 2.24) is 5.32 Å². The molecule has 1 aliphatic rings. The number of rotatable bonds is 10. The smallest absolute Gasteiger partial charge is 0.325 e. The van der Waals surface area contributed by atoms with Gasteiger partial charge in [-0.05, 0) is 50.0 Å². The molecule has 0 aromatic rings. The highest BCUT2D eigenvalue weighted by Crippen LogP contribution is 2.26. The van der Waals surface area contributed by atoms with Crippen LogP contribution in [-0.2, 0) is 9.53 Å². The lowest BCUT2D eigenvalue weighted by molar-refractivity contribution is -0.148. The number of thioether (sulfide) groups is 1. The van der Waals surface area contributed by atoms with Crippen molar-refractivity contribution in [3.05, 3.63) is 0 Å². The minimum absolute atomic E-state index is 0.119. The van der Waals surface area contributed by atoms with E-state index < -0.39 is 5.54 Å². The lowest BCUT2D eigenvalue weighted by atomic mass is 9.96. The molecule has 0 bridgehead atoms. The van der Waals surface area contributed by atoms with Gasteiger partial charge < -0.3 is 4.74 Å². The minimum Gasteiger partial charge on any atom is -0.468 e. The summed E-state index contributed by atoms with van der Waals surface area (Å²) in [6.45, 7) is 6.51. The third-order valence-corrected chi connectivity index (χ3v) is 5.18. The second kappa shape index (κ2) is 8.15. The van der Waals surface area contributed by atoms with Gasteiger partial charge in [0.1, 0.15) is 5.54 Å². The Hall–Kier alpha value is -0.220. The van der Waals surface area contributed by atoms with Gasteiger partial charge in [0.05, 0.1) is 7.11 Å². The summed E-state index contributed by atoms with van der Waals surface area (Å²) < 4.78 is 4.95. The average molecular weight is 287 g/mol. The van der Waals surface area contributed by atoms with Crippen LogP contribution in [0.3, 0.4) is 0 Å². The molecule has 0 aromatic heterocycles. The zero-order valence-corrected chi connectivity index (χ0v) is 13.6. The maximum Gasteiger partial charge on any atom is 0.325 e. The van der Waals surface area contributed by atoms with Gasteiger partial charge in [0.15, 0.2) is 0 Å². The molecule has 3 nitrogen and oxygen atoms in total. The molecule has 0 spiro atoms. The van der Waals surface area contributed by atoms with Crippen LogP contribution >= 0.6 is 11.8 Å². The van der Waals surface area contributed by atoms with E-state index >= 15 is 0 Å². The van der Waals surface area contributed by atoms with Gasteiger partial charge >= 0.3 is 5.97 Å². The van der Waals surface area contributed by atoms with E-state index in [1.807, 2.05) is 18.7 Å². The zero-order chi connectivity index (χ0) is 14.3. The van der Waals surface area contributed by atoms with Crippen molar-refractivity contribution in [3.8, 4) is 0 Å². The molecular weight excluding hydrogens is 258 g/mol. The molecule has 1 rings (SSSR count). The van der Waals surface area contributed by atoms with Crippen LogP contribution in [0.5, 0.6) is 0 Å². The van der Waals surface area contributed by atoms with Crippen molar-refractivity contribution in [2.75, 3.05) is 18.6 Å². The molecule has 2 unspecified atom stereocenters. The Balaban J connectivity index is 2.26. The number of carbonyl (C=O) groups excluding carboxylic acids is 1. The summed E-state index contributed by atoms with van der Waals surface area (Å²) in [6.07, 6.45) is 5.55. The first kappa shape index (κ1) is 16.8. The lowest BCUT2D eigenvalue weighted by Crippen LogP contribution is -2.51. The second-order valence-corrected chi connectivity index (χ2v) is 7.08. The number of hydrogen-bond acceptors (Lipinski definition) is 4. The molecule has 1 saturated carbocycles. The maximum atomic E-state index is 11.9. The van der Waals surface area contributed by atoms with E-state index in [0.717, 1.165) is 24.5 Å². The Kier molecular flexibility index (Phi) is 7.22. The molecular formula is C15H29NO2S. The third-order valence-electron chi connectivity index (χ3n) is 3.80. The quantitative estimate of drug-likeness (QED) is 0.494. The number of nitrogens with one attached hydrogen (secondary N) is 1. The first-order chi connectivity index (χ1) is 9.01. The van der Waals surface area contributed by atoms with Gasteiger partial charge in [-0.2, -0.15) is 11.8 Å². The van der Waals surface area contributed by atoms with Crippen LogP contribution in [0.2, 0.25) is 0 Å². The molecule has 0 amide bonds. The van der Waals surface area contributed by atoms with Gasteiger partial charge in [0, 0.05) is 6.04 Å². The van der Waals surface area contributed by atoms with E-state index in [4.69, 9.17) is 4.74 Å². The number of methoxy groups -OCH3 is 1. The van der Waals surface area contributed by atoms with E-state index in [1.54, 1.807) is 0 Å². The fourth-order valence-electron chi connectivity index (χ4n) is 2.07. The predicted octanol–water partition coefficient (Wildman–Crippen LogP) is 3.23. The largest absolute Gasteiger partial charge is 0.468 e. The molecule has 0 aromatic carbocycles. The molecule has 112 valence electrons. The van der Waals surface area contributed by atoms with E-state index in [0.29, 0.717) is 6.04 Å². The van der Waals surface area contributed by atoms with E-state index in [2.05, 4.69) is 19.2 Å². The predicted molar refractivity (Wildman–Crippen MR) is 82.6 cm³/mol. The summed E-state index contributed by atoms with van der Waals surface area (Å²) in [5.41, 5.74) is -0.493. The van der Waals surface area contributed by atoms with Crippen LogP contribution in [0.25, 0.3) is 0 Å². The Morgan fingerprint density at radius 1 is 1.53 bits per heavy atom. The fourth-order valence-corrected chi connectivity index (χ4v) is 3.22. The molecule has 19 heavy (non-hydrogen) atoms. The van der Waals surface area contributed by atoms with Gasteiger partial charge in [0.25, 0.3) is 0 Å². The molecule has 0 heterocycles. The van der Waals surface area contributed by atoms with Crippen LogP contribution in [0.1, 0.15) is 52.9 Å². The summed E-state index contributed by atoms with van der Waals surface area (Å²) in [6, 6.07) is 0.525. The van der Waals surface area contributed by atoms with Crippen molar-refractivity contribution in [2.24, 2.45) is 5.92 Å². The first-order valence-corrected chi connectivity index (χ1v) is 8.61. The minimum atomic E-state index is -0.493. The molecule has 0 radical (unpaired) electrons.